The molecule has 0 aliphatic carbocycles. The Bertz CT molecular complexity index is 612. The van der Waals surface area contributed by atoms with Gasteiger partial charge in [0, 0.05) is 5.69 Å². The highest BCUT2D eigenvalue weighted by Gasteiger charge is 2.26. The van der Waals surface area contributed by atoms with Gasteiger partial charge in [-0.25, -0.2) is 0 Å². The summed E-state index contributed by atoms with van der Waals surface area (Å²) < 4.78 is 5.59. The maximum atomic E-state index is 12.6. The van der Waals surface area contributed by atoms with E-state index in [4.69, 9.17) is 10.5 Å². The molecule has 3 heteroatoms. The Labute approximate surface area is 132 Å². The molecule has 0 spiro atoms. The number of ether oxygens (including phenoxy) is 1. The SMILES string of the molecule is CC(C)(C)OC(=O)C(Cc1ccc(N)cc1)c1ccccc1. The van der Waals surface area contributed by atoms with Crippen LogP contribution in [0.3, 0.4) is 0 Å². The summed E-state index contributed by atoms with van der Waals surface area (Å²) in [6.45, 7) is 5.66. The van der Waals surface area contributed by atoms with Crippen molar-refractivity contribution in [3.63, 3.8) is 0 Å². The smallest absolute Gasteiger partial charge is 0.314 e. The highest BCUT2D eigenvalue weighted by Crippen LogP contribution is 2.25. The van der Waals surface area contributed by atoms with E-state index in [1.807, 2.05) is 75.4 Å². The maximum Gasteiger partial charge on any atom is 0.314 e. The van der Waals surface area contributed by atoms with Gasteiger partial charge in [0.15, 0.2) is 0 Å². The summed E-state index contributed by atoms with van der Waals surface area (Å²) in [5.41, 5.74) is 7.98. The van der Waals surface area contributed by atoms with Crippen molar-refractivity contribution in [1.82, 2.24) is 0 Å². The number of nitrogen functional groups attached to an aromatic ring is 1. The molecule has 22 heavy (non-hydrogen) atoms. The van der Waals surface area contributed by atoms with Crippen molar-refractivity contribution >= 4 is 11.7 Å². The predicted molar refractivity (Wildman–Crippen MR) is 89.6 cm³/mol. The number of hydrogen-bond donors (Lipinski definition) is 1. The topological polar surface area (TPSA) is 52.3 Å². The first kappa shape index (κ1) is 16.1. The highest BCUT2D eigenvalue weighted by molar-refractivity contribution is 5.79. The molecular formula is C19H23NO2. The average Bonchev–Trinajstić information content (AvgIpc) is 2.45. The molecule has 0 bridgehead atoms. The second kappa shape index (κ2) is 6.65. The summed E-state index contributed by atoms with van der Waals surface area (Å²) in [7, 11) is 0. The number of carbonyl (C=O) groups excluding carboxylic acids is 1. The van der Waals surface area contributed by atoms with Gasteiger partial charge in [-0.15, -0.1) is 0 Å². The maximum absolute atomic E-state index is 12.6. The number of anilines is 1. The summed E-state index contributed by atoms with van der Waals surface area (Å²) in [4.78, 5) is 12.6. The Hall–Kier alpha value is -2.29. The summed E-state index contributed by atoms with van der Waals surface area (Å²) in [6, 6.07) is 17.4. The van der Waals surface area contributed by atoms with Crippen molar-refractivity contribution < 1.29 is 9.53 Å². The quantitative estimate of drug-likeness (QED) is 0.687. The molecule has 0 fully saturated rings. The zero-order chi connectivity index (χ0) is 16.2. The minimum absolute atomic E-state index is 0.199. The monoisotopic (exact) mass is 297 g/mol. The van der Waals surface area contributed by atoms with Crippen LogP contribution in [0.5, 0.6) is 0 Å². The molecule has 0 saturated carbocycles. The first-order valence-electron chi connectivity index (χ1n) is 7.47. The van der Waals surface area contributed by atoms with Crippen LogP contribution in [0.4, 0.5) is 5.69 Å². The van der Waals surface area contributed by atoms with Gasteiger partial charge in [-0.3, -0.25) is 4.79 Å². The van der Waals surface area contributed by atoms with E-state index in [2.05, 4.69) is 0 Å². The second-order valence-electron chi connectivity index (χ2n) is 6.44. The zero-order valence-corrected chi connectivity index (χ0v) is 13.4. The lowest BCUT2D eigenvalue weighted by atomic mass is 9.91. The van der Waals surface area contributed by atoms with Crippen LogP contribution in [0.25, 0.3) is 0 Å². The van der Waals surface area contributed by atoms with E-state index in [0.717, 1.165) is 16.8 Å². The molecule has 116 valence electrons. The molecule has 0 heterocycles. The molecule has 2 rings (SSSR count). The Morgan fingerprint density at radius 2 is 1.64 bits per heavy atom. The van der Waals surface area contributed by atoms with Crippen LogP contribution in [0.15, 0.2) is 54.6 Å². The van der Waals surface area contributed by atoms with Gasteiger partial charge < -0.3 is 10.5 Å². The molecule has 1 atom stereocenters. The van der Waals surface area contributed by atoms with Crippen LogP contribution >= 0.6 is 0 Å². The minimum Gasteiger partial charge on any atom is -0.459 e. The lowest BCUT2D eigenvalue weighted by molar-refractivity contribution is -0.156. The number of benzene rings is 2. The van der Waals surface area contributed by atoms with Gasteiger partial charge in [-0.1, -0.05) is 42.5 Å². The van der Waals surface area contributed by atoms with E-state index in [9.17, 15) is 4.79 Å². The molecule has 2 aromatic carbocycles. The van der Waals surface area contributed by atoms with Crippen LogP contribution in [-0.4, -0.2) is 11.6 Å². The Balaban J connectivity index is 2.25. The van der Waals surface area contributed by atoms with E-state index in [-0.39, 0.29) is 11.9 Å². The predicted octanol–water partition coefficient (Wildman–Crippen LogP) is 3.94. The van der Waals surface area contributed by atoms with Gasteiger partial charge >= 0.3 is 5.97 Å². The standard InChI is InChI=1S/C19H23NO2/c1-19(2,3)22-18(21)17(15-7-5-4-6-8-15)13-14-9-11-16(20)12-10-14/h4-12,17H,13,20H2,1-3H3. The third-order valence-electron chi connectivity index (χ3n) is 3.31. The molecule has 0 aliphatic heterocycles. The Morgan fingerprint density at radius 1 is 1.05 bits per heavy atom. The molecule has 0 aromatic heterocycles. The van der Waals surface area contributed by atoms with Crippen LogP contribution < -0.4 is 5.73 Å². The van der Waals surface area contributed by atoms with Crippen molar-refractivity contribution in [2.24, 2.45) is 0 Å². The van der Waals surface area contributed by atoms with Gasteiger partial charge in [-0.2, -0.15) is 0 Å². The number of nitrogens with two attached hydrogens (primary N) is 1. The highest BCUT2D eigenvalue weighted by atomic mass is 16.6. The molecule has 0 aliphatic rings. The average molecular weight is 297 g/mol. The third kappa shape index (κ3) is 4.62. The van der Waals surface area contributed by atoms with Crippen molar-refractivity contribution in [1.29, 1.82) is 0 Å². The van der Waals surface area contributed by atoms with E-state index >= 15 is 0 Å². The van der Waals surface area contributed by atoms with Gasteiger partial charge in [0.25, 0.3) is 0 Å². The van der Waals surface area contributed by atoms with E-state index < -0.39 is 5.60 Å². The summed E-state index contributed by atoms with van der Waals surface area (Å²) in [5, 5.41) is 0. The molecular weight excluding hydrogens is 274 g/mol. The summed E-state index contributed by atoms with van der Waals surface area (Å²) in [5.74, 6) is -0.514. The van der Waals surface area contributed by atoms with E-state index in [0.29, 0.717) is 6.42 Å². The van der Waals surface area contributed by atoms with Crippen molar-refractivity contribution in [2.45, 2.75) is 38.7 Å². The number of hydrogen-bond acceptors (Lipinski definition) is 3. The fourth-order valence-electron chi connectivity index (χ4n) is 2.28. The molecule has 0 radical (unpaired) electrons. The van der Waals surface area contributed by atoms with Crippen LogP contribution in [0, 0.1) is 0 Å². The summed E-state index contributed by atoms with van der Waals surface area (Å²) >= 11 is 0. The van der Waals surface area contributed by atoms with Crippen molar-refractivity contribution in [2.75, 3.05) is 5.73 Å². The third-order valence-corrected chi connectivity index (χ3v) is 3.31. The van der Waals surface area contributed by atoms with E-state index in [1.54, 1.807) is 0 Å². The summed E-state index contributed by atoms with van der Waals surface area (Å²) in [6.07, 6.45) is 0.596. The van der Waals surface area contributed by atoms with Crippen molar-refractivity contribution in [3.8, 4) is 0 Å². The molecule has 2 N–H and O–H groups in total. The molecule has 1 unspecified atom stereocenters. The van der Waals surface area contributed by atoms with Crippen LogP contribution in [0.1, 0.15) is 37.8 Å². The van der Waals surface area contributed by atoms with Gasteiger partial charge in [0.2, 0.25) is 0 Å². The van der Waals surface area contributed by atoms with E-state index in [1.165, 1.54) is 0 Å². The lowest BCUT2D eigenvalue weighted by Gasteiger charge is -2.24. The lowest BCUT2D eigenvalue weighted by Crippen LogP contribution is -2.28. The Morgan fingerprint density at radius 3 is 2.18 bits per heavy atom. The molecule has 0 amide bonds. The van der Waals surface area contributed by atoms with Crippen LogP contribution in [0.2, 0.25) is 0 Å². The normalized spacial score (nSPS) is 12.7. The largest absolute Gasteiger partial charge is 0.459 e. The van der Waals surface area contributed by atoms with Gasteiger partial charge in [-0.05, 0) is 50.5 Å². The zero-order valence-electron chi connectivity index (χ0n) is 13.4. The number of esters is 1. The first-order chi connectivity index (χ1) is 10.3. The van der Waals surface area contributed by atoms with Gasteiger partial charge in [0.05, 0.1) is 5.92 Å². The molecule has 3 nitrogen and oxygen atoms in total. The fraction of sp³-hybridized carbons (Fsp3) is 0.316. The fourth-order valence-corrected chi connectivity index (χ4v) is 2.28. The Kier molecular flexibility index (Phi) is 4.86. The van der Waals surface area contributed by atoms with Crippen molar-refractivity contribution in [3.05, 3.63) is 65.7 Å². The first-order valence-corrected chi connectivity index (χ1v) is 7.47. The molecule has 0 saturated heterocycles. The molecule has 2 aromatic rings. The minimum atomic E-state index is -0.495. The number of rotatable bonds is 4. The van der Waals surface area contributed by atoms with Crippen LogP contribution in [-0.2, 0) is 16.0 Å². The second-order valence-corrected chi connectivity index (χ2v) is 6.44. The van der Waals surface area contributed by atoms with Gasteiger partial charge in [0.1, 0.15) is 5.60 Å². The number of carbonyl (C=O) groups is 1.